The van der Waals surface area contributed by atoms with Crippen LogP contribution in [0.4, 0.5) is 13.2 Å². The Balaban J connectivity index is 2.71. The third-order valence-corrected chi connectivity index (χ3v) is 3.99. The van der Waals surface area contributed by atoms with Crippen molar-refractivity contribution in [1.82, 2.24) is 9.78 Å². The number of benzene rings is 1. The van der Waals surface area contributed by atoms with E-state index in [1.54, 1.807) is 0 Å². The van der Waals surface area contributed by atoms with Gasteiger partial charge in [0, 0.05) is 12.1 Å². The van der Waals surface area contributed by atoms with Crippen molar-refractivity contribution >= 4 is 31.9 Å². The van der Waals surface area contributed by atoms with E-state index in [0.717, 1.165) is 4.68 Å². The molecule has 0 aliphatic rings. The Hall–Kier alpha value is -1.15. The van der Waals surface area contributed by atoms with Crippen LogP contribution < -0.4 is 5.56 Å². The first-order valence-corrected chi connectivity index (χ1v) is 6.08. The van der Waals surface area contributed by atoms with Gasteiger partial charge in [-0.15, -0.1) is 0 Å². The zero-order valence-corrected chi connectivity index (χ0v) is 11.6. The maximum Gasteiger partial charge on any atom is 0.286 e. The quantitative estimate of drug-likeness (QED) is 0.709. The molecule has 2 rings (SSSR count). The van der Waals surface area contributed by atoms with E-state index in [2.05, 4.69) is 37.0 Å². The van der Waals surface area contributed by atoms with Crippen molar-refractivity contribution in [3.8, 4) is 5.69 Å². The van der Waals surface area contributed by atoms with Gasteiger partial charge < -0.3 is 0 Å². The average Bonchev–Trinajstić information content (AvgIpc) is 2.33. The van der Waals surface area contributed by atoms with E-state index in [1.165, 1.54) is 6.20 Å². The van der Waals surface area contributed by atoms with Gasteiger partial charge in [-0.05, 0) is 31.9 Å². The lowest BCUT2D eigenvalue weighted by molar-refractivity contribution is 0.445. The fourth-order valence-electron chi connectivity index (χ4n) is 1.26. The predicted octanol–water partition coefficient (Wildman–Crippen LogP) is 3.17. The van der Waals surface area contributed by atoms with E-state index >= 15 is 0 Å². The second-order valence-corrected chi connectivity index (χ2v) is 4.89. The lowest BCUT2D eigenvalue weighted by Gasteiger charge is -2.06. The molecule has 8 heteroatoms. The van der Waals surface area contributed by atoms with E-state index in [9.17, 15) is 18.0 Å². The summed E-state index contributed by atoms with van der Waals surface area (Å²) >= 11 is 6.06. The number of aromatic nitrogens is 2. The summed E-state index contributed by atoms with van der Waals surface area (Å²) in [5.74, 6) is -4.38. The van der Waals surface area contributed by atoms with Crippen molar-refractivity contribution in [2.75, 3.05) is 0 Å². The molecule has 1 aromatic carbocycles. The summed E-state index contributed by atoms with van der Waals surface area (Å²) in [4.78, 5) is 11.8. The Morgan fingerprint density at radius 1 is 1.11 bits per heavy atom. The van der Waals surface area contributed by atoms with Crippen LogP contribution in [0.5, 0.6) is 0 Å². The highest BCUT2D eigenvalue weighted by molar-refractivity contribution is 9.13. The Bertz CT molecular complexity index is 664. The highest BCUT2D eigenvalue weighted by atomic mass is 79.9. The number of rotatable bonds is 1. The first-order chi connectivity index (χ1) is 8.41. The summed E-state index contributed by atoms with van der Waals surface area (Å²) in [6, 6.07) is 1.38. The zero-order valence-electron chi connectivity index (χ0n) is 8.42. The van der Waals surface area contributed by atoms with Crippen LogP contribution in [0.1, 0.15) is 0 Å². The maximum absolute atomic E-state index is 13.1. The largest absolute Gasteiger partial charge is 0.286 e. The van der Waals surface area contributed by atoms with Crippen LogP contribution >= 0.6 is 31.9 Å². The molecule has 1 heterocycles. The first kappa shape index (κ1) is 13.3. The van der Waals surface area contributed by atoms with Crippen molar-refractivity contribution in [3.63, 3.8) is 0 Å². The molecule has 2 aromatic rings. The van der Waals surface area contributed by atoms with Gasteiger partial charge in [-0.3, -0.25) is 4.79 Å². The minimum Gasteiger partial charge on any atom is -0.266 e. The third kappa shape index (κ3) is 2.22. The first-order valence-electron chi connectivity index (χ1n) is 4.50. The molecule has 0 N–H and O–H groups in total. The molecule has 0 bridgehead atoms. The summed E-state index contributed by atoms with van der Waals surface area (Å²) < 4.78 is 40.2. The van der Waals surface area contributed by atoms with E-state index in [-0.39, 0.29) is 10.2 Å². The SMILES string of the molecule is O=c1c(Br)c(Br)cnn1-c1cc(F)c(F)c(F)c1. The highest BCUT2D eigenvalue weighted by Crippen LogP contribution is 2.19. The molecule has 1 aromatic heterocycles. The summed E-state index contributed by atoms with van der Waals surface area (Å²) in [6.45, 7) is 0. The molecule has 0 unspecified atom stereocenters. The summed E-state index contributed by atoms with van der Waals surface area (Å²) in [7, 11) is 0. The second kappa shape index (κ2) is 4.85. The molecule has 0 radical (unpaired) electrons. The highest BCUT2D eigenvalue weighted by Gasteiger charge is 2.14. The van der Waals surface area contributed by atoms with Crippen LogP contribution in [0, 0.1) is 17.5 Å². The van der Waals surface area contributed by atoms with Crippen molar-refractivity contribution < 1.29 is 13.2 Å². The second-order valence-electron chi connectivity index (χ2n) is 3.25. The molecule has 0 atom stereocenters. The Morgan fingerprint density at radius 2 is 1.67 bits per heavy atom. The van der Waals surface area contributed by atoms with Crippen molar-refractivity contribution in [1.29, 1.82) is 0 Å². The van der Waals surface area contributed by atoms with E-state index in [0.29, 0.717) is 16.6 Å². The van der Waals surface area contributed by atoms with Gasteiger partial charge in [0.05, 0.1) is 16.4 Å². The van der Waals surface area contributed by atoms with Gasteiger partial charge in [-0.2, -0.15) is 9.78 Å². The molecule has 18 heavy (non-hydrogen) atoms. The molecule has 0 saturated carbocycles. The molecule has 0 aliphatic heterocycles. The lowest BCUT2D eigenvalue weighted by atomic mass is 10.3. The number of halogens is 5. The van der Waals surface area contributed by atoms with Gasteiger partial charge in [-0.25, -0.2) is 13.2 Å². The Labute approximate surface area is 115 Å². The molecule has 0 saturated heterocycles. The molecular formula is C10H3Br2F3N2O. The normalized spacial score (nSPS) is 10.7. The van der Waals surface area contributed by atoms with Crippen LogP contribution in [0.25, 0.3) is 5.69 Å². The lowest BCUT2D eigenvalue weighted by Crippen LogP contribution is -2.22. The molecular weight excluding hydrogens is 381 g/mol. The Kier molecular flexibility index (Phi) is 3.58. The van der Waals surface area contributed by atoms with E-state index in [1.807, 2.05) is 0 Å². The van der Waals surface area contributed by atoms with Crippen LogP contribution in [-0.2, 0) is 0 Å². The minimum atomic E-state index is -1.59. The van der Waals surface area contributed by atoms with E-state index < -0.39 is 23.0 Å². The topological polar surface area (TPSA) is 34.9 Å². The molecule has 0 spiro atoms. The van der Waals surface area contributed by atoms with Crippen molar-refractivity contribution in [2.24, 2.45) is 0 Å². The van der Waals surface area contributed by atoms with Gasteiger partial charge in [0.2, 0.25) is 0 Å². The fourth-order valence-corrected chi connectivity index (χ4v) is 1.79. The zero-order chi connectivity index (χ0) is 13.4. The van der Waals surface area contributed by atoms with Crippen LogP contribution in [0.15, 0.2) is 32.1 Å². The van der Waals surface area contributed by atoms with Gasteiger partial charge in [0.1, 0.15) is 4.47 Å². The van der Waals surface area contributed by atoms with Crippen molar-refractivity contribution in [3.05, 3.63) is 55.1 Å². The smallest absolute Gasteiger partial charge is 0.266 e. The third-order valence-electron chi connectivity index (χ3n) is 2.09. The average molecular weight is 384 g/mol. The summed E-state index contributed by atoms with van der Waals surface area (Å²) in [5.41, 5.74) is -0.834. The number of hydrogen-bond donors (Lipinski definition) is 0. The molecule has 0 aliphatic carbocycles. The molecule has 0 fully saturated rings. The van der Waals surface area contributed by atoms with Gasteiger partial charge >= 0.3 is 0 Å². The van der Waals surface area contributed by atoms with Gasteiger partial charge in [-0.1, -0.05) is 0 Å². The minimum absolute atomic E-state index is 0.141. The number of nitrogens with zero attached hydrogens (tertiary/aromatic N) is 2. The number of hydrogen-bond acceptors (Lipinski definition) is 2. The monoisotopic (exact) mass is 382 g/mol. The fraction of sp³-hybridized carbons (Fsp3) is 0. The van der Waals surface area contributed by atoms with E-state index in [4.69, 9.17) is 0 Å². The van der Waals surface area contributed by atoms with Crippen molar-refractivity contribution in [2.45, 2.75) is 0 Å². The van der Waals surface area contributed by atoms with Gasteiger partial charge in [0.15, 0.2) is 17.5 Å². The molecule has 3 nitrogen and oxygen atoms in total. The van der Waals surface area contributed by atoms with Gasteiger partial charge in [0.25, 0.3) is 5.56 Å². The standard InChI is InChI=1S/C10H3Br2F3N2O/c11-5-3-16-17(10(18)8(5)12)4-1-6(13)9(15)7(14)2-4/h1-3H. The maximum atomic E-state index is 13.1. The predicted molar refractivity (Wildman–Crippen MR) is 65.1 cm³/mol. The summed E-state index contributed by atoms with van der Waals surface area (Å²) in [6.07, 6.45) is 1.27. The molecule has 0 amide bonds. The van der Waals surface area contributed by atoms with Crippen LogP contribution in [0.3, 0.4) is 0 Å². The molecule has 94 valence electrons. The van der Waals surface area contributed by atoms with Crippen LogP contribution in [0.2, 0.25) is 0 Å². The van der Waals surface area contributed by atoms with Crippen LogP contribution in [-0.4, -0.2) is 9.78 Å². The summed E-state index contributed by atoms with van der Waals surface area (Å²) in [5, 5.41) is 3.69. The Morgan fingerprint density at radius 3 is 2.22 bits per heavy atom.